The van der Waals surface area contributed by atoms with Crippen LogP contribution in [-0.4, -0.2) is 33.2 Å². The predicted molar refractivity (Wildman–Crippen MR) is 118 cm³/mol. The number of anilines is 2. The Hall–Kier alpha value is -4.01. The molecule has 164 valence electrons. The zero-order valence-corrected chi connectivity index (χ0v) is 17.5. The third-order valence-corrected chi connectivity index (χ3v) is 5.31. The molecule has 3 amide bonds. The van der Waals surface area contributed by atoms with E-state index in [2.05, 4.69) is 15.7 Å². The number of nitrogens with zero attached hydrogens (tertiary/aromatic N) is 3. The summed E-state index contributed by atoms with van der Waals surface area (Å²) in [6, 6.07) is 13.6. The number of carbonyl (C=O) groups is 2. The smallest absolute Gasteiger partial charge is 0.323 e. The number of fused-ring (bicyclic) bond motifs is 1. The highest BCUT2D eigenvalue weighted by atomic mass is 19.1. The van der Waals surface area contributed by atoms with Gasteiger partial charge in [-0.15, -0.1) is 0 Å². The van der Waals surface area contributed by atoms with E-state index in [0.29, 0.717) is 31.7 Å². The molecule has 1 aliphatic rings. The number of urea groups is 1. The summed E-state index contributed by atoms with van der Waals surface area (Å²) in [5.74, 6) is -0.775. The van der Waals surface area contributed by atoms with E-state index in [9.17, 15) is 18.8 Å². The van der Waals surface area contributed by atoms with Crippen molar-refractivity contribution >= 4 is 23.3 Å². The van der Waals surface area contributed by atoms with E-state index in [0.717, 1.165) is 11.1 Å². The first-order valence-electron chi connectivity index (χ1n) is 10.3. The van der Waals surface area contributed by atoms with Crippen molar-refractivity contribution in [3.8, 4) is 0 Å². The average molecular weight is 435 g/mol. The fourth-order valence-corrected chi connectivity index (χ4v) is 3.69. The van der Waals surface area contributed by atoms with Crippen LogP contribution in [-0.2, 0) is 19.5 Å². The Bertz CT molecular complexity index is 1240. The van der Waals surface area contributed by atoms with E-state index in [-0.39, 0.29) is 22.8 Å². The molecule has 3 aromatic rings. The molecule has 0 saturated carbocycles. The summed E-state index contributed by atoms with van der Waals surface area (Å²) in [5.41, 5.74) is 2.49. The summed E-state index contributed by atoms with van der Waals surface area (Å²) in [6.45, 7) is 2.96. The molecule has 0 fully saturated rings. The van der Waals surface area contributed by atoms with Gasteiger partial charge in [-0.2, -0.15) is 5.10 Å². The molecule has 0 radical (unpaired) electrons. The highest BCUT2D eigenvalue weighted by Gasteiger charge is 2.25. The van der Waals surface area contributed by atoms with Gasteiger partial charge in [0.25, 0.3) is 11.5 Å². The lowest BCUT2D eigenvalue weighted by molar-refractivity contribution is 0.0726. The van der Waals surface area contributed by atoms with Crippen LogP contribution in [0, 0.1) is 5.82 Å². The lowest BCUT2D eigenvalue weighted by Gasteiger charge is -2.30. The lowest BCUT2D eigenvalue weighted by atomic mass is 9.97. The van der Waals surface area contributed by atoms with Gasteiger partial charge in [0.15, 0.2) is 0 Å². The first-order chi connectivity index (χ1) is 15.5. The SMILES string of the molecule is CCn1nc(C(=O)N2CCc3c(cccc3NC(=O)Nc3ccccc3F)C2)ccc1=O. The van der Waals surface area contributed by atoms with Crippen molar-refractivity contribution in [2.24, 2.45) is 0 Å². The molecule has 0 saturated heterocycles. The number of halogens is 1. The maximum atomic E-state index is 13.8. The molecular weight excluding hydrogens is 413 g/mol. The van der Waals surface area contributed by atoms with E-state index < -0.39 is 11.8 Å². The lowest BCUT2D eigenvalue weighted by Crippen LogP contribution is -2.38. The Labute approximate surface area is 183 Å². The fraction of sp³-hybridized carbons (Fsp3) is 0.217. The summed E-state index contributed by atoms with van der Waals surface area (Å²) in [4.78, 5) is 38.7. The Kier molecular flexibility index (Phi) is 5.98. The molecule has 0 atom stereocenters. The summed E-state index contributed by atoms with van der Waals surface area (Å²) in [6.07, 6.45) is 0.532. The van der Waals surface area contributed by atoms with Gasteiger partial charge >= 0.3 is 6.03 Å². The number of para-hydroxylation sites is 1. The molecule has 0 aliphatic carbocycles. The van der Waals surface area contributed by atoms with Crippen molar-refractivity contribution in [2.75, 3.05) is 17.2 Å². The number of rotatable bonds is 4. The summed E-state index contributed by atoms with van der Waals surface area (Å²) in [5, 5.41) is 9.42. The van der Waals surface area contributed by atoms with Crippen LogP contribution in [0.4, 0.5) is 20.6 Å². The molecule has 2 N–H and O–H groups in total. The second-order valence-electron chi connectivity index (χ2n) is 7.35. The van der Waals surface area contributed by atoms with E-state index in [4.69, 9.17) is 0 Å². The van der Waals surface area contributed by atoms with Gasteiger partial charge in [0, 0.05) is 31.4 Å². The standard InChI is InChI=1S/C23H22FN5O3/c1-2-29-21(30)11-10-20(27-29)22(31)28-13-12-16-15(14-28)6-5-9-18(16)25-23(32)26-19-8-4-3-7-17(19)24/h3-11H,2,12-14H2,1H3,(H2,25,26,32). The topological polar surface area (TPSA) is 96.3 Å². The van der Waals surface area contributed by atoms with Crippen LogP contribution in [0.1, 0.15) is 28.5 Å². The van der Waals surface area contributed by atoms with Crippen LogP contribution < -0.4 is 16.2 Å². The number of aryl methyl sites for hydroxylation is 1. The maximum absolute atomic E-state index is 13.8. The largest absolute Gasteiger partial charge is 0.333 e. The minimum absolute atomic E-state index is 0.0903. The minimum atomic E-state index is -0.548. The molecule has 0 spiro atoms. The molecule has 4 rings (SSSR count). The summed E-state index contributed by atoms with van der Waals surface area (Å²) >= 11 is 0. The van der Waals surface area contributed by atoms with E-state index in [1.54, 1.807) is 36.1 Å². The Morgan fingerprint density at radius 2 is 1.78 bits per heavy atom. The van der Waals surface area contributed by atoms with E-state index in [1.807, 2.05) is 6.07 Å². The van der Waals surface area contributed by atoms with Gasteiger partial charge in [0.05, 0.1) is 5.69 Å². The molecule has 2 aromatic carbocycles. The molecule has 32 heavy (non-hydrogen) atoms. The summed E-state index contributed by atoms with van der Waals surface area (Å²) < 4.78 is 15.0. The number of hydrogen-bond donors (Lipinski definition) is 2. The molecule has 8 nitrogen and oxygen atoms in total. The molecular formula is C23H22FN5O3. The Morgan fingerprint density at radius 1 is 1.03 bits per heavy atom. The zero-order valence-electron chi connectivity index (χ0n) is 17.5. The molecule has 2 heterocycles. The number of aromatic nitrogens is 2. The van der Waals surface area contributed by atoms with Gasteiger partial charge in [-0.1, -0.05) is 24.3 Å². The number of hydrogen-bond acceptors (Lipinski definition) is 4. The van der Waals surface area contributed by atoms with Crippen molar-refractivity contribution in [2.45, 2.75) is 26.4 Å². The average Bonchev–Trinajstić information content (AvgIpc) is 2.80. The normalized spacial score (nSPS) is 12.8. The fourth-order valence-electron chi connectivity index (χ4n) is 3.69. The first-order valence-corrected chi connectivity index (χ1v) is 10.3. The van der Waals surface area contributed by atoms with Gasteiger partial charge in [0.1, 0.15) is 11.5 Å². The number of benzene rings is 2. The monoisotopic (exact) mass is 435 g/mol. The van der Waals surface area contributed by atoms with E-state index in [1.165, 1.54) is 28.9 Å². The van der Waals surface area contributed by atoms with Gasteiger partial charge in [-0.05, 0) is 48.7 Å². The maximum Gasteiger partial charge on any atom is 0.323 e. The third kappa shape index (κ3) is 4.36. The predicted octanol–water partition coefficient (Wildman–Crippen LogP) is 3.24. The number of carbonyl (C=O) groups excluding carboxylic acids is 2. The van der Waals surface area contributed by atoms with Crippen LogP contribution in [0.25, 0.3) is 0 Å². The second-order valence-corrected chi connectivity index (χ2v) is 7.35. The molecule has 1 aliphatic heterocycles. The van der Waals surface area contributed by atoms with Gasteiger partial charge in [-0.3, -0.25) is 9.59 Å². The van der Waals surface area contributed by atoms with Crippen LogP contribution in [0.3, 0.4) is 0 Å². The van der Waals surface area contributed by atoms with Crippen LogP contribution >= 0.6 is 0 Å². The quantitative estimate of drug-likeness (QED) is 0.658. The van der Waals surface area contributed by atoms with Crippen molar-refractivity contribution < 1.29 is 14.0 Å². The van der Waals surface area contributed by atoms with Gasteiger partial charge < -0.3 is 15.5 Å². The van der Waals surface area contributed by atoms with Crippen molar-refractivity contribution in [3.63, 3.8) is 0 Å². The number of nitrogens with one attached hydrogen (secondary N) is 2. The van der Waals surface area contributed by atoms with Crippen molar-refractivity contribution in [1.29, 1.82) is 0 Å². The molecule has 0 unspecified atom stereocenters. The third-order valence-electron chi connectivity index (χ3n) is 5.31. The van der Waals surface area contributed by atoms with Gasteiger partial charge in [0.2, 0.25) is 0 Å². The molecule has 9 heteroatoms. The van der Waals surface area contributed by atoms with Crippen LogP contribution in [0.15, 0.2) is 59.4 Å². The van der Waals surface area contributed by atoms with E-state index >= 15 is 0 Å². The Balaban J connectivity index is 1.49. The highest BCUT2D eigenvalue weighted by molar-refractivity contribution is 6.00. The van der Waals surface area contributed by atoms with Crippen molar-refractivity contribution in [1.82, 2.24) is 14.7 Å². The van der Waals surface area contributed by atoms with Crippen LogP contribution in [0.5, 0.6) is 0 Å². The summed E-state index contributed by atoms with van der Waals surface area (Å²) in [7, 11) is 0. The number of amides is 3. The van der Waals surface area contributed by atoms with Crippen molar-refractivity contribution in [3.05, 3.63) is 87.6 Å². The molecule has 0 bridgehead atoms. The van der Waals surface area contributed by atoms with Gasteiger partial charge in [-0.25, -0.2) is 13.9 Å². The Morgan fingerprint density at radius 3 is 2.56 bits per heavy atom. The van der Waals surface area contributed by atoms with Crippen LogP contribution in [0.2, 0.25) is 0 Å². The zero-order chi connectivity index (χ0) is 22.7. The minimum Gasteiger partial charge on any atom is -0.333 e. The highest BCUT2D eigenvalue weighted by Crippen LogP contribution is 2.27. The second kappa shape index (κ2) is 9.01. The first kappa shape index (κ1) is 21.2. The molecule has 1 aromatic heterocycles.